The monoisotopic (exact) mass is 210 g/mol. The predicted molar refractivity (Wildman–Crippen MR) is 52.1 cm³/mol. The van der Waals surface area contributed by atoms with Gasteiger partial charge in [-0.2, -0.15) is 5.26 Å². The molecule has 0 atom stereocenters. The Morgan fingerprint density at radius 1 is 1.57 bits per heavy atom. The summed E-state index contributed by atoms with van der Waals surface area (Å²) < 4.78 is 22.5. The van der Waals surface area contributed by atoms with Crippen LogP contribution in [0.25, 0.3) is 0 Å². The normalized spacial score (nSPS) is 10.9. The van der Waals surface area contributed by atoms with Crippen molar-refractivity contribution in [3.05, 3.63) is 29.6 Å². The number of nitrogens with zero attached hydrogens (tertiary/aromatic N) is 2. The van der Waals surface area contributed by atoms with Gasteiger partial charge in [0.15, 0.2) is 9.84 Å². The van der Waals surface area contributed by atoms with Gasteiger partial charge >= 0.3 is 0 Å². The molecular weight excluding hydrogens is 200 g/mol. The summed E-state index contributed by atoms with van der Waals surface area (Å²) in [7, 11) is -3.03. The Balaban J connectivity index is 2.94. The van der Waals surface area contributed by atoms with E-state index in [9.17, 15) is 8.42 Å². The van der Waals surface area contributed by atoms with Crippen LogP contribution >= 0.6 is 0 Å². The molecule has 1 aromatic heterocycles. The van der Waals surface area contributed by atoms with E-state index in [0.717, 1.165) is 0 Å². The summed E-state index contributed by atoms with van der Waals surface area (Å²) in [6.45, 7) is 1.60. The Hall–Kier alpha value is -1.41. The van der Waals surface area contributed by atoms with Crippen molar-refractivity contribution in [2.24, 2.45) is 0 Å². The lowest BCUT2D eigenvalue weighted by atomic mass is 10.2. The molecule has 1 heterocycles. The Labute approximate surface area is 83.1 Å². The van der Waals surface area contributed by atoms with E-state index in [1.165, 1.54) is 12.3 Å². The largest absolute Gasteiger partial charge is 0.246 e. The third kappa shape index (κ3) is 2.82. The van der Waals surface area contributed by atoms with Crippen LogP contribution in [-0.4, -0.2) is 19.2 Å². The van der Waals surface area contributed by atoms with Crippen molar-refractivity contribution in [2.45, 2.75) is 12.7 Å². The molecule has 5 heteroatoms. The molecule has 0 spiro atoms. The SMILES string of the molecule is CCS(=O)(=O)Cc1ccnc(C#N)c1. The average Bonchev–Trinajstić information content (AvgIpc) is 2.17. The summed E-state index contributed by atoms with van der Waals surface area (Å²) in [5.41, 5.74) is 0.854. The number of nitriles is 1. The number of pyridine rings is 1. The topological polar surface area (TPSA) is 70.8 Å². The molecule has 0 radical (unpaired) electrons. The summed E-state index contributed by atoms with van der Waals surface area (Å²) >= 11 is 0. The third-order valence-corrected chi connectivity index (χ3v) is 3.42. The highest BCUT2D eigenvalue weighted by molar-refractivity contribution is 7.90. The molecule has 74 valence electrons. The van der Waals surface area contributed by atoms with Crippen LogP contribution in [0.15, 0.2) is 18.3 Å². The van der Waals surface area contributed by atoms with E-state index in [-0.39, 0.29) is 17.2 Å². The van der Waals surface area contributed by atoms with Crippen molar-refractivity contribution < 1.29 is 8.42 Å². The average molecular weight is 210 g/mol. The minimum atomic E-state index is -3.03. The molecule has 0 N–H and O–H groups in total. The number of sulfone groups is 1. The van der Waals surface area contributed by atoms with Gasteiger partial charge in [0.1, 0.15) is 11.8 Å². The number of aromatic nitrogens is 1. The van der Waals surface area contributed by atoms with Crippen LogP contribution in [0.1, 0.15) is 18.2 Å². The first-order valence-electron chi connectivity index (χ1n) is 4.13. The first-order valence-corrected chi connectivity index (χ1v) is 5.95. The second-order valence-corrected chi connectivity index (χ2v) is 5.19. The predicted octanol–water partition coefficient (Wildman–Crippen LogP) is 0.888. The van der Waals surface area contributed by atoms with E-state index < -0.39 is 9.84 Å². The molecule has 1 rings (SSSR count). The van der Waals surface area contributed by atoms with Gasteiger partial charge in [0, 0.05) is 11.9 Å². The zero-order valence-corrected chi connectivity index (χ0v) is 8.58. The zero-order valence-electron chi connectivity index (χ0n) is 7.77. The zero-order chi connectivity index (χ0) is 10.6. The molecule has 0 aliphatic rings. The van der Waals surface area contributed by atoms with E-state index in [4.69, 9.17) is 5.26 Å². The van der Waals surface area contributed by atoms with Crippen LogP contribution in [-0.2, 0) is 15.6 Å². The lowest BCUT2D eigenvalue weighted by molar-refractivity contribution is 0.596. The molecule has 0 aliphatic heterocycles. The van der Waals surface area contributed by atoms with Crippen molar-refractivity contribution in [3.8, 4) is 6.07 Å². The van der Waals surface area contributed by atoms with E-state index in [0.29, 0.717) is 5.56 Å². The molecule has 0 fully saturated rings. The van der Waals surface area contributed by atoms with Crippen molar-refractivity contribution in [1.29, 1.82) is 5.26 Å². The van der Waals surface area contributed by atoms with Gasteiger partial charge in [-0.15, -0.1) is 0 Å². The summed E-state index contributed by atoms with van der Waals surface area (Å²) in [4.78, 5) is 3.76. The Kier molecular flexibility index (Phi) is 3.20. The second kappa shape index (κ2) is 4.20. The van der Waals surface area contributed by atoms with E-state index in [1.807, 2.05) is 6.07 Å². The number of hydrogen-bond acceptors (Lipinski definition) is 4. The Morgan fingerprint density at radius 2 is 2.29 bits per heavy atom. The van der Waals surface area contributed by atoms with Crippen LogP contribution in [0, 0.1) is 11.3 Å². The maximum Gasteiger partial charge on any atom is 0.154 e. The van der Waals surface area contributed by atoms with Gasteiger partial charge in [0.05, 0.1) is 5.75 Å². The summed E-state index contributed by atoms with van der Waals surface area (Å²) in [6, 6.07) is 4.96. The molecule has 0 aromatic carbocycles. The smallest absolute Gasteiger partial charge is 0.154 e. The van der Waals surface area contributed by atoms with Crippen LogP contribution in [0.4, 0.5) is 0 Å². The molecule has 4 nitrogen and oxygen atoms in total. The van der Waals surface area contributed by atoms with Gasteiger partial charge in [-0.3, -0.25) is 0 Å². The maximum atomic E-state index is 11.3. The number of hydrogen-bond donors (Lipinski definition) is 0. The lowest BCUT2D eigenvalue weighted by Crippen LogP contribution is -2.06. The molecule has 0 unspecified atom stereocenters. The van der Waals surface area contributed by atoms with Gasteiger partial charge in [0.2, 0.25) is 0 Å². The molecule has 0 saturated heterocycles. The molecule has 14 heavy (non-hydrogen) atoms. The molecule has 0 saturated carbocycles. The lowest BCUT2D eigenvalue weighted by Gasteiger charge is -2.00. The third-order valence-electron chi connectivity index (χ3n) is 1.77. The van der Waals surface area contributed by atoms with E-state index in [2.05, 4.69) is 4.98 Å². The molecule has 0 bridgehead atoms. The molecule has 1 aromatic rings. The van der Waals surface area contributed by atoms with Gasteiger partial charge in [-0.05, 0) is 17.7 Å². The van der Waals surface area contributed by atoms with E-state index >= 15 is 0 Å². The van der Waals surface area contributed by atoms with Gasteiger partial charge in [0.25, 0.3) is 0 Å². The van der Waals surface area contributed by atoms with Gasteiger partial charge in [-0.1, -0.05) is 6.92 Å². The van der Waals surface area contributed by atoms with Crippen molar-refractivity contribution >= 4 is 9.84 Å². The summed E-state index contributed by atoms with van der Waals surface area (Å²) in [5.74, 6) is 0.0813. The van der Waals surface area contributed by atoms with Crippen LogP contribution in [0.3, 0.4) is 0 Å². The van der Waals surface area contributed by atoms with Crippen LogP contribution < -0.4 is 0 Å². The minimum absolute atomic E-state index is 0.0271. The van der Waals surface area contributed by atoms with Crippen LogP contribution in [0.2, 0.25) is 0 Å². The molecule has 0 aliphatic carbocycles. The fourth-order valence-electron chi connectivity index (χ4n) is 0.981. The Morgan fingerprint density at radius 3 is 2.86 bits per heavy atom. The minimum Gasteiger partial charge on any atom is -0.246 e. The fourth-order valence-corrected chi connectivity index (χ4v) is 1.87. The fraction of sp³-hybridized carbons (Fsp3) is 0.333. The standard InChI is InChI=1S/C9H10N2O2S/c1-2-14(12,13)7-8-3-4-11-9(5-8)6-10/h3-5H,2,7H2,1H3. The first-order chi connectivity index (χ1) is 6.57. The Bertz CT molecular complexity index is 460. The van der Waals surface area contributed by atoms with Gasteiger partial charge < -0.3 is 0 Å². The highest BCUT2D eigenvalue weighted by Crippen LogP contribution is 2.06. The van der Waals surface area contributed by atoms with Crippen molar-refractivity contribution in [3.63, 3.8) is 0 Å². The highest BCUT2D eigenvalue weighted by Gasteiger charge is 2.09. The van der Waals surface area contributed by atoms with Crippen LogP contribution in [0.5, 0.6) is 0 Å². The van der Waals surface area contributed by atoms with Crippen molar-refractivity contribution in [2.75, 3.05) is 5.75 Å². The quantitative estimate of drug-likeness (QED) is 0.742. The van der Waals surface area contributed by atoms with Gasteiger partial charge in [-0.25, -0.2) is 13.4 Å². The molecular formula is C9H10N2O2S. The second-order valence-electron chi connectivity index (χ2n) is 2.84. The number of rotatable bonds is 3. The van der Waals surface area contributed by atoms with E-state index in [1.54, 1.807) is 13.0 Å². The van der Waals surface area contributed by atoms with Crippen molar-refractivity contribution in [1.82, 2.24) is 4.98 Å². The highest BCUT2D eigenvalue weighted by atomic mass is 32.2. The molecule has 0 amide bonds. The summed E-state index contributed by atoms with van der Waals surface area (Å²) in [6.07, 6.45) is 1.44. The summed E-state index contributed by atoms with van der Waals surface area (Å²) in [5, 5.41) is 8.56. The first kappa shape index (κ1) is 10.7. The maximum absolute atomic E-state index is 11.3.